The number of oxime groups is 1. The molecular weight excluding hydrogens is 226 g/mol. The molecule has 4 heteroatoms. The summed E-state index contributed by atoms with van der Waals surface area (Å²) in [4.78, 5) is 0. The average molecular weight is 249 g/mol. The molecule has 0 aliphatic carbocycles. The maximum atomic E-state index is 8.36. The van der Waals surface area contributed by atoms with Gasteiger partial charge in [0.2, 0.25) is 0 Å². The molecule has 0 radical (unpaired) electrons. The third-order valence-corrected chi connectivity index (χ3v) is 2.83. The Balaban J connectivity index is 1.90. The lowest BCUT2D eigenvalue weighted by Gasteiger charge is -2.04. The highest BCUT2D eigenvalue weighted by Gasteiger charge is 1.94. The fourth-order valence-electron chi connectivity index (χ4n) is 1.79. The number of hydrogen-bond acceptors (Lipinski definition) is 3. The Labute approximate surface area is 109 Å². The molecule has 1 aromatic carbocycles. The van der Waals surface area contributed by atoms with Gasteiger partial charge in [0.1, 0.15) is 5.84 Å². The minimum Gasteiger partial charge on any atom is -0.409 e. The molecule has 0 unspecified atom stereocenters. The zero-order valence-electron chi connectivity index (χ0n) is 10.8. The number of aryl methyl sites for hydroxylation is 1. The lowest BCUT2D eigenvalue weighted by molar-refractivity contribution is 0.316. The third-order valence-electron chi connectivity index (χ3n) is 2.83. The molecule has 18 heavy (non-hydrogen) atoms. The monoisotopic (exact) mass is 249 g/mol. The standard InChI is InChI=1S/C14H23N3O/c15-14(17-18)10-4-5-11-16-12-6-9-13-7-2-1-3-8-13/h1-3,7-8,16,18H,4-6,9-12H2,(H2,15,17). The molecule has 0 saturated heterocycles. The molecule has 100 valence electrons. The van der Waals surface area contributed by atoms with Crippen molar-refractivity contribution in [3.05, 3.63) is 35.9 Å². The van der Waals surface area contributed by atoms with Gasteiger partial charge in [0.15, 0.2) is 0 Å². The van der Waals surface area contributed by atoms with Gasteiger partial charge in [0, 0.05) is 6.42 Å². The van der Waals surface area contributed by atoms with E-state index in [4.69, 9.17) is 10.9 Å². The molecule has 0 fully saturated rings. The highest BCUT2D eigenvalue weighted by Crippen LogP contribution is 2.01. The number of nitrogens with zero attached hydrogens (tertiary/aromatic N) is 1. The first-order chi connectivity index (χ1) is 8.83. The van der Waals surface area contributed by atoms with E-state index in [-0.39, 0.29) is 0 Å². The van der Waals surface area contributed by atoms with Crippen molar-refractivity contribution in [2.24, 2.45) is 10.9 Å². The molecular formula is C14H23N3O. The normalized spacial score (nSPS) is 11.7. The quantitative estimate of drug-likeness (QED) is 0.206. The van der Waals surface area contributed by atoms with E-state index in [0.717, 1.165) is 38.8 Å². The number of amidine groups is 1. The summed E-state index contributed by atoms with van der Waals surface area (Å²) < 4.78 is 0. The van der Waals surface area contributed by atoms with E-state index in [1.807, 2.05) is 6.07 Å². The van der Waals surface area contributed by atoms with Crippen molar-refractivity contribution in [3.63, 3.8) is 0 Å². The SMILES string of the molecule is N/C(CCCCNCCCc1ccccc1)=N\O. The van der Waals surface area contributed by atoms with Crippen molar-refractivity contribution in [2.45, 2.75) is 32.1 Å². The van der Waals surface area contributed by atoms with Crippen LogP contribution in [-0.2, 0) is 6.42 Å². The minimum absolute atomic E-state index is 0.319. The summed E-state index contributed by atoms with van der Waals surface area (Å²) in [6, 6.07) is 10.5. The van der Waals surface area contributed by atoms with Crippen LogP contribution in [0.25, 0.3) is 0 Å². The van der Waals surface area contributed by atoms with E-state index in [0.29, 0.717) is 12.3 Å². The fraction of sp³-hybridized carbons (Fsp3) is 0.500. The molecule has 1 aromatic rings. The Morgan fingerprint density at radius 3 is 2.56 bits per heavy atom. The first kappa shape index (κ1) is 14.5. The number of rotatable bonds is 9. The summed E-state index contributed by atoms with van der Waals surface area (Å²) in [5, 5.41) is 14.7. The van der Waals surface area contributed by atoms with Crippen molar-refractivity contribution >= 4 is 5.84 Å². The van der Waals surface area contributed by atoms with Gasteiger partial charge in [0.05, 0.1) is 0 Å². The van der Waals surface area contributed by atoms with Gasteiger partial charge in [-0.05, 0) is 44.3 Å². The van der Waals surface area contributed by atoms with Gasteiger partial charge in [-0.3, -0.25) is 0 Å². The molecule has 0 amide bonds. The molecule has 0 saturated carbocycles. The third kappa shape index (κ3) is 6.91. The minimum atomic E-state index is 0.319. The van der Waals surface area contributed by atoms with E-state index < -0.39 is 0 Å². The van der Waals surface area contributed by atoms with Crippen LogP contribution in [0.2, 0.25) is 0 Å². The van der Waals surface area contributed by atoms with Gasteiger partial charge in [-0.1, -0.05) is 35.5 Å². The molecule has 4 N–H and O–H groups in total. The second-order valence-corrected chi connectivity index (χ2v) is 4.39. The number of benzene rings is 1. The van der Waals surface area contributed by atoms with Crippen LogP contribution in [-0.4, -0.2) is 24.1 Å². The predicted molar refractivity (Wildman–Crippen MR) is 74.9 cm³/mol. The van der Waals surface area contributed by atoms with Crippen LogP contribution >= 0.6 is 0 Å². The summed E-state index contributed by atoms with van der Waals surface area (Å²) in [6.07, 6.45) is 4.97. The number of hydrogen-bond donors (Lipinski definition) is 3. The van der Waals surface area contributed by atoms with Crippen LogP contribution in [0.5, 0.6) is 0 Å². The topological polar surface area (TPSA) is 70.6 Å². The molecule has 1 rings (SSSR count). The van der Waals surface area contributed by atoms with Crippen LogP contribution in [0.3, 0.4) is 0 Å². The summed E-state index contributed by atoms with van der Waals surface area (Å²) in [6.45, 7) is 2.03. The Hall–Kier alpha value is -1.55. The second-order valence-electron chi connectivity index (χ2n) is 4.39. The number of nitrogens with two attached hydrogens (primary N) is 1. The van der Waals surface area contributed by atoms with Gasteiger partial charge in [-0.25, -0.2) is 0 Å². The lowest BCUT2D eigenvalue weighted by atomic mass is 10.1. The summed E-state index contributed by atoms with van der Waals surface area (Å²) >= 11 is 0. The van der Waals surface area contributed by atoms with Crippen molar-refractivity contribution in [1.29, 1.82) is 0 Å². The van der Waals surface area contributed by atoms with Crippen LogP contribution in [0.15, 0.2) is 35.5 Å². The molecule has 0 spiro atoms. The Kier molecular flexibility index (Phi) is 7.64. The van der Waals surface area contributed by atoms with E-state index in [2.05, 4.69) is 34.7 Å². The van der Waals surface area contributed by atoms with E-state index >= 15 is 0 Å². The van der Waals surface area contributed by atoms with E-state index in [1.165, 1.54) is 5.56 Å². The second kappa shape index (κ2) is 9.48. The molecule has 0 heterocycles. The molecule has 0 bridgehead atoms. The number of unbranched alkanes of at least 4 members (excludes halogenated alkanes) is 1. The first-order valence-electron chi connectivity index (χ1n) is 6.54. The smallest absolute Gasteiger partial charge is 0.139 e. The fourth-order valence-corrected chi connectivity index (χ4v) is 1.79. The zero-order chi connectivity index (χ0) is 13.1. The molecule has 0 atom stereocenters. The van der Waals surface area contributed by atoms with Gasteiger partial charge >= 0.3 is 0 Å². The Morgan fingerprint density at radius 2 is 1.83 bits per heavy atom. The van der Waals surface area contributed by atoms with Crippen molar-refractivity contribution in [3.8, 4) is 0 Å². The highest BCUT2D eigenvalue weighted by molar-refractivity contribution is 5.79. The summed E-state index contributed by atoms with van der Waals surface area (Å²) in [5.74, 6) is 0.319. The van der Waals surface area contributed by atoms with Crippen LogP contribution in [0, 0.1) is 0 Å². The molecule has 0 aliphatic heterocycles. The Bertz CT molecular complexity index is 338. The summed E-state index contributed by atoms with van der Waals surface area (Å²) in [5.41, 5.74) is 6.77. The maximum Gasteiger partial charge on any atom is 0.139 e. The molecule has 0 aliphatic rings. The lowest BCUT2D eigenvalue weighted by Crippen LogP contribution is -2.18. The zero-order valence-corrected chi connectivity index (χ0v) is 10.8. The molecule has 0 aromatic heterocycles. The largest absolute Gasteiger partial charge is 0.409 e. The molecule has 4 nitrogen and oxygen atoms in total. The Morgan fingerprint density at radius 1 is 1.11 bits per heavy atom. The average Bonchev–Trinajstić information content (AvgIpc) is 2.42. The van der Waals surface area contributed by atoms with E-state index in [1.54, 1.807) is 0 Å². The highest BCUT2D eigenvalue weighted by atomic mass is 16.4. The maximum absolute atomic E-state index is 8.36. The van der Waals surface area contributed by atoms with Gasteiger partial charge in [0.25, 0.3) is 0 Å². The van der Waals surface area contributed by atoms with Gasteiger partial charge in [-0.2, -0.15) is 0 Å². The first-order valence-corrected chi connectivity index (χ1v) is 6.54. The summed E-state index contributed by atoms with van der Waals surface area (Å²) in [7, 11) is 0. The van der Waals surface area contributed by atoms with Crippen molar-refractivity contribution in [2.75, 3.05) is 13.1 Å². The van der Waals surface area contributed by atoms with Crippen LogP contribution in [0.4, 0.5) is 0 Å². The predicted octanol–water partition coefficient (Wildman–Crippen LogP) is 2.13. The van der Waals surface area contributed by atoms with Crippen molar-refractivity contribution < 1.29 is 5.21 Å². The van der Waals surface area contributed by atoms with Crippen molar-refractivity contribution in [1.82, 2.24) is 5.32 Å². The van der Waals surface area contributed by atoms with Gasteiger partial charge < -0.3 is 16.3 Å². The van der Waals surface area contributed by atoms with Crippen LogP contribution < -0.4 is 11.1 Å². The van der Waals surface area contributed by atoms with Gasteiger partial charge in [-0.15, -0.1) is 0 Å². The van der Waals surface area contributed by atoms with E-state index in [9.17, 15) is 0 Å². The number of nitrogens with one attached hydrogen (secondary N) is 1. The van der Waals surface area contributed by atoms with Crippen LogP contribution in [0.1, 0.15) is 31.2 Å².